The maximum absolute atomic E-state index is 15.1. The Hall–Kier alpha value is -3.00. The zero-order valence-electron chi connectivity index (χ0n) is 20.8. The summed E-state index contributed by atoms with van der Waals surface area (Å²) >= 11 is 0. The summed E-state index contributed by atoms with van der Waals surface area (Å²) in [5.74, 6) is -0.381. The van der Waals surface area contributed by atoms with Crippen LogP contribution in [0.3, 0.4) is 0 Å². The summed E-state index contributed by atoms with van der Waals surface area (Å²) in [6, 6.07) is 25.5. The van der Waals surface area contributed by atoms with Gasteiger partial charge in [-0.1, -0.05) is 99.3 Å². The molecule has 0 aliphatic carbocycles. The predicted octanol–water partition coefficient (Wildman–Crippen LogP) is 9.20. The normalized spacial score (nSPS) is 11.3. The molecule has 0 amide bonds. The first-order chi connectivity index (χ1) is 17.1. The molecule has 0 spiro atoms. The second-order valence-electron chi connectivity index (χ2n) is 9.70. The van der Waals surface area contributed by atoms with Crippen LogP contribution in [0.15, 0.2) is 78.9 Å². The smallest absolute Gasteiger partial charge is 0.134 e. The largest absolute Gasteiger partial charge is 0.207 e. The molecule has 0 heterocycles. The number of halogens is 2. The van der Waals surface area contributed by atoms with Crippen molar-refractivity contribution in [3.63, 3.8) is 0 Å². The number of hydrogen-bond acceptors (Lipinski definition) is 0. The van der Waals surface area contributed by atoms with E-state index < -0.39 is 0 Å². The topological polar surface area (TPSA) is 0 Å². The second kappa shape index (κ2) is 12.6. The van der Waals surface area contributed by atoms with Gasteiger partial charge in [0.05, 0.1) is 0 Å². The van der Waals surface area contributed by atoms with Crippen molar-refractivity contribution in [3.8, 4) is 0 Å². The lowest BCUT2D eigenvalue weighted by molar-refractivity contribution is 0.619. The molecule has 4 aromatic carbocycles. The van der Waals surface area contributed by atoms with E-state index in [1.54, 1.807) is 12.1 Å². The van der Waals surface area contributed by atoms with E-state index >= 15 is 4.39 Å². The summed E-state index contributed by atoms with van der Waals surface area (Å²) in [5, 5.41) is 1.62. The lowest BCUT2D eigenvalue weighted by Crippen LogP contribution is -1.97. The van der Waals surface area contributed by atoms with Crippen molar-refractivity contribution in [1.82, 2.24) is 0 Å². The number of hydrogen-bond donors (Lipinski definition) is 0. The van der Waals surface area contributed by atoms with Gasteiger partial charge in [-0.15, -0.1) is 0 Å². The van der Waals surface area contributed by atoms with Crippen molar-refractivity contribution in [2.75, 3.05) is 0 Å². The lowest BCUT2D eigenvalue weighted by atomic mass is 9.97. The fourth-order valence-electron chi connectivity index (χ4n) is 4.76. The van der Waals surface area contributed by atoms with E-state index in [1.807, 2.05) is 18.2 Å². The fourth-order valence-corrected chi connectivity index (χ4v) is 4.76. The Kier molecular flexibility index (Phi) is 9.06. The maximum Gasteiger partial charge on any atom is 0.134 e. The van der Waals surface area contributed by atoms with Gasteiger partial charge in [0, 0.05) is 5.39 Å². The molecular formula is C33H36F2. The molecule has 0 aliphatic rings. The van der Waals surface area contributed by atoms with Gasteiger partial charge in [0.25, 0.3) is 0 Å². The molecule has 0 saturated carbocycles. The van der Waals surface area contributed by atoms with Crippen LogP contribution in [-0.4, -0.2) is 0 Å². The quantitative estimate of drug-likeness (QED) is 0.181. The van der Waals surface area contributed by atoms with Crippen LogP contribution in [0.2, 0.25) is 0 Å². The summed E-state index contributed by atoms with van der Waals surface area (Å²) in [6.45, 7) is 2.25. The Morgan fingerprint density at radius 2 is 1.09 bits per heavy atom. The van der Waals surface area contributed by atoms with Crippen LogP contribution in [-0.2, 0) is 32.1 Å². The first kappa shape index (κ1) is 25.1. The van der Waals surface area contributed by atoms with Gasteiger partial charge in [-0.05, 0) is 83.9 Å². The van der Waals surface area contributed by atoms with Crippen LogP contribution in [0.4, 0.5) is 8.78 Å². The molecule has 0 atom stereocenters. The molecule has 0 aromatic heterocycles. The molecule has 0 bridgehead atoms. The van der Waals surface area contributed by atoms with Gasteiger partial charge < -0.3 is 0 Å². The van der Waals surface area contributed by atoms with Crippen LogP contribution in [0, 0.1) is 11.6 Å². The Labute approximate surface area is 209 Å². The molecule has 2 heteroatoms. The van der Waals surface area contributed by atoms with Crippen molar-refractivity contribution >= 4 is 10.8 Å². The molecule has 182 valence electrons. The molecule has 4 aromatic rings. The van der Waals surface area contributed by atoms with Gasteiger partial charge in [-0.25, -0.2) is 8.78 Å². The predicted molar refractivity (Wildman–Crippen MR) is 144 cm³/mol. The molecule has 0 radical (unpaired) electrons. The third kappa shape index (κ3) is 7.24. The first-order valence-electron chi connectivity index (χ1n) is 13.1. The van der Waals surface area contributed by atoms with Gasteiger partial charge in [-0.3, -0.25) is 0 Å². The van der Waals surface area contributed by atoms with Crippen LogP contribution >= 0.6 is 0 Å². The average molecular weight is 471 g/mol. The van der Waals surface area contributed by atoms with Crippen molar-refractivity contribution < 1.29 is 8.78 Å². The molecule has 4 rings (SSSR count). The molecule has 0 fully saturated rings. The highest BCUT2D eigenvalue weighted by Crippen LogP contribution is 2.24. The highest BCUT2D eigenvalue weighted by molar-refractivity contribution is 5.84. The Morgan fingerprint density at radius 3 is 1.80 bits per heavy atom. The molecule has 0 nitrogen and oxygen atoms in total. The van der Waals surface area contributed by atoms with E-state index in [9.17, 15) is 4.39 Å². The minimum Gasteiger partial charge on any atom is -0.207 e. The Balaban J connectivity index is 1.32. The second-order valence-corrected chi connectivity index (χ2v) is 9.70. The summed E-state index contributed by atoms with van der Waals surface area (Å²) in [6.07, 6.45) is 11.0. The molecule has 0 aliphatic heterocycles. The highest BCUT2D eigenvalue weighted by atomic mass is 19.1. The Morgan fingerprint density at radius 1 is 0.514 bits per heavy atom. The number of unbranched alkanes of at least 4 members (excludes halogenated alkanes) is 4. The van der Waals surface area contributed by atoms with E-state index in [4.69, 9.17) is 0 Å². The molecular weight excluding hydrogens is 434 g/mol. The van der Waals surface area contributed by atoms with Gasteiger partial charge in [0.1, 0.15) is 11.6 Å². The molecule has 0 N–H and O–H groups in total. The van der Waals surface area contributed by atoms with Crippen LogP contribution in [0.1, 0.15) is 66.8 Å². The fraction of sp³-hybridized carbons (Fsp3) is 0.333. The van der Waals surface area contributed by atoms with Crippen LogP contribution in [0.5, 0.6) is 0 Å². The zero-order chi connectivity index (χ0) is 24.5. The minimum atomic E-state index is -0.244. The number of benzene rings is 4. The lowest BCUT2D eigenvalue weighted by Gasteiger charge is -2.09. The molecule has 0 unspecified atom stereocenters. The molecule has 0 saturated heterocycles. The minimum absolute atomic E-state index is 0.138. The van der Waals surface area contributed by atoms with Crippen molar-refractivity contribution in [2.45, 2.75) is 71.1 Å². The van der Waals surface area contributed by atoms with Gasteiger partial charge in [-0.2, -0.15) is 0 Å². The van der Waals surface area contributed by atoms with Crippen molar-refractivity contribution in [3.05, 3.63) is 118 Å². The first-order valence-corrected chi connectivity index (χ1v) is 13.1. The van der Waals surface area contributed by atoms with E-state index in [2.05, 4.69) is 43.3 Å². The highest BCUT2D eigenvalue weighted by Gasteiger charge is 2.09. The van der Waals surface area contributed by atoms with Gasteiger partial charge in [0.15, 0.2) is 0 Å². The average Bonchev–Trinajstić information content (AvgIpc) is 2.88. The van der Waals surface area contributed by atoms with E-state index in [0.29, 0.717) is 23.8 Å². The Bertz CT molecular complexity index is 1210. The third-order valence-electron chi connectivity index (χ3n) is 6.99. The van der Waals surface area contributed by atoms with E-state index in [-0.39, 0.29) is 11.6 Å². The summed E-state index contributed by atoms with van der Waals surface area (Å²) in [7, 11) is 0. The monoisotopic (exact) mass is 470 g/mol. The maximum atomic E-state index is 15.1. The third-order valence-corrected chi connectivity index (χ3v) is 6.99. The zero-order valence-corrected chi connectivity index (χ0v) is 20.8. The summed E-state index contributed by atoms with van der Waals surface area (Å²) in [5.41, 5.74) is 5.74. The van der Waals surface area contributed by atoms with Gasteiger partial charge in [0.2, 0.25) is 0 Å². The number of aryl methyl sites for hydroxylation is 5. The summed E-state index contributed by atoms with van der Waals surface area (Å²) in [4.78, 5) is 0. The van der Waals surface area contributed by atoms with Crippen molar-refractivity contribution in [2.24, 2.45) is 0 Å². The molecule has 35 heavy (non-hydrogen) atoms. The van der Waals surface area contributed by atoms with Crippen LogP contribution in [0.25, 0.3) is 10.8 Å². The van der Waals surface area contributed by atoms with Crippen molar-refractivity contribution in [1.29, 1.82) is 0 Å². The van der Waals surface area contributed by atoms with E-state index in [0.717, 1.165) is 23.8 Å². The summed E-state index contributed by atoms with van der Waals surface area (Å²) < 4.78 is 28.2. The SMILES string of the molecule is CCCCCCCc1ccc(CCc2ccc3c(F)c(CCc4ccc(F)cc4)ccc3c2)cc1. The van der Waals surface area contributed by atoms with Crippen LogP contribution < -0.4 is 0 Å². The van der Waals surface area contributed by atoms with Gasteiger partial charge >= 0.3 is 0 Å². The number of rotatable bonds is 12. The standard InChI is InChI=1S/C33H36F2/c1-2-3-4-5-6-7-25-8-10-26(11-9-25)12-13-28-17-23-32-30(24-28)20-19-29(33(32)35)18-14-27-15-21-31(34)22-16-27/h8-11,15-17,19-24H,2-7,12-14,18H2,1H3. The van der Waals surface area contributed by atoms with E-state index in [1.165, 1.54) is 67.3 Å². The number of fused-ring (bicyclic) bond motifs is 1.